The number of nitrogens with one attached hydrogen (secondary N) is 1. The minimum absolute atomic E-state index is 0.00448. The number of hydrogen-bond acceptors (Lipinski definition) is 4. The van der Waals surface area contributed by atoms with Crippen LogP contribution in [0.4, 0.5) is 5.69 Å². The maximum Gasteiger partial charge on any atom is 0.155 e. The molecule has 0 saturated carbocycles. The summed E-state index contributed by atoms with van der Waals surface area (Å²) in [6.45, 7) is 2.06. The summed E-state index contributed by atoms with van der Waals surface area (Å²) < 4.78 is 22.7. The molecule has 2 atom stereocenters. The van der Waals surface area contributed by atoms with E-state index in [4.69, 9.17) is 0 Å². The Labute approximate surface area is 102 Å². The molecule has 5 heteroatoms. The van der Waals surface area contributed by atoms with E-state index >= 15 is 0 Å². The maximum atomic E-state index is 11.4. The van der Waals surface area contributed by atoms with Gasteiger partial charge in [-0.3, -0.25) is 0 Å². The lowest BCUT2D eigenvalue weighted by Gasteiger charge is -2.16. The molecule has 94 valence electrons. The highest BCUT2D eigenvalue weighted by atomic mass is 32.2. The Kier molecular flexibility index (Phi) is 3.40. The molecule has 1 aliphatic heterocycles. The number of sulfone groups is 1. The fraction of sp³-hybridized carbons (Fsp3) is 0.500. The van der Waals surface area contributed by atoms with Crippen molar-refractivity contribution in [1.82, 2.24) is 0 Å². The Bertz CT molecular complexity index is 498. The summed E-state index contributed by atoms with van der Waals surface area (Å²) in [6, 6.07) is 7.42. The second kappa shape index (κ2) is 4.66. The average Bonchev–Trinajstić information content (AvgIpc) is 2.52. The van der Waals surface area contributed by atoms with Gasteiger partial charge in [0, 0.05) is 5.69 Å². The molecular formula is C12H17NO3S. The quantitative estimate of drug-likeness (QED) is 0.839. The molecule has 0 aromatic heterocycles. The fourth-order valence-corrected chi connectivity index (χ4v) is 3.80. The van der Waals surface area contributed by atoms with Crippen LogP contribution in [0, 0.1) is 0 Å². The first-order valence-electron chi connectivity index (χ1n) is 5.74. The molecule has 2 rings (SSSR count). The molecule has 1 fully saturated rings. The fourth-order valence-electron chi connectivity index (χ4n) is 2.06. The number of aliphatic hydroxyl groups is 1. The van der Waals surface area contributed by atoms with Gasteiger partial charge in [0.2, 0.25) is 0 Å². The number of aliphatic hydroxyl groups excluding tert-OH is 1. The van der Waals surface area contributed by atoms with Crippen molar-refractivity contribution in [3.63, 3.8) is 0 Å². The zero-order valence-corrected chi connectivity index (χ0v) is 10.6. The second-order valence-corrected chi connectivity index (χ2v) is 6.60. The van der Waals surface area contributed by atoms with Gasteiger partial charge in [0.1, 0.15) is 0 Å². The van der Waals surface area contributed by atoms with Crippen molar-refractivity contribution in [2.24, 2.45) is 0 Å². The van der Waals surface area contributed by atoms with Crippen molar-refractivity contribution in [1.29, 1.82) is 0 Å². The van der Waals surface area contributed by atoms with Gasteiger partial charge in [0.25, 0.3) is 0 Å². The first kappa shape index (κ1) is 12.4. The van der Waals surface area contributed by atoms with Crippen molar-refractivity contribution >= 4 is 15.5 Å². The van der Waals surface area contributed by atoms with Gasteiger partial charge in [-0.25, -0.2) is 8.42 Å². The maximum absolute atomic E-state index is 11.4. The summed E-state index contributed by atoms with van der Waals surface area (Å²) in [5.74, 6) is -0.136. The van der Waals surface area contributed by atoms with Crippen molar-refractivity contribution in [3.8, 4) is 0 Å². The zero-order valence-electron chi connectivity index (χ0n) is 9.76. The largest absolute Gasteiger partial charge is 0.390 e. The summed E-state index contributed by atoms with van der Waals surface area (Å²) in [7, 11) is -3.09. The van der Waals surface area contributed by atoms with E-state index < -0.39 is 22.0 Å². The monoisotopic (exact) mass is 255 g/mol. The van der Waals surface area contributed by atoms with Gasteiger partial charge in [0.15, 0.2) is 9.84 Å². The number of aryl methyl sites for hydroxylation is 1. The summed E-state index contributed by atoms with van der Waals surface area (Å²) >= 11 is 0. The number of benzene rings is 1. The molecule has 2 unspecified atom stereocenters. The molecule has 0 bridgehead atoms. The lowest BCUT2D eigenvalue weighted by Crippen LogP contribution is -2.31. The standard InChI is InChI=1S/C12H17NO3S/c1-2-9-4-3-5-10(6-9)13-11-7-17(15,16)8-12(11)14/h3-6,11-14H,2,7-8H2,1H3. The lowest BCUT2D eigenvalue weighted by molar-refractivity contribution is 0.190. The van der Waals surface area contributed by atoms with Crippen LogP contribution in [0.5, 0.6) is 0 Å². The van der Waals surface area contributed by atoms with E-state index in [0.29, 0.717) is 0 Å². The number of anilines is 1. The third kappa shape index (κ3) is 2.98. The molecule has 0 spiro atoms. The summed E-state index contributed by atoms with van der Waals surface area (Å²) in [5, 5.41) is 12.8. The van der Waals surface area contributed by atoms with Gasteiger partial charge >= 0.3 is 0 Å². The molecule has 0 radical (unpaired) electrons. The van der Waals surface area contributed by atoms with Gasteiger partial charge in [-0.1, -0.05) is 19.1 Å². The van der Waals surface area contributed by atoms with Gasteiger partial charge in [0.05, 0.1) is 23.7 Å². The smallest absolute Gasteiger partial charge is 0.155 e. The van der Waals surface area contributed by atoms with E-state index in [1.807, 2.05) is 24.3 Å². The molecule has 17 heavy (non-hydrogen) atoms. The van der Waals surface area contributed by atoms with E-state index in [1.54, 1.807) is 0 Å². The Hall–Kier alpha value is -1.07. The van der Waals surface area contributed by atoms with Crippen LogP contribution in [-0.2, 0) is 16.3 Å². The Morgan fingerprint density at radius 3 is 2.76 bits per heavy atom. The molecular weight excluding hydrogens is 238 g/mol. The predicted molar refractivity (Wildman–Crippen MR) is 67.9 cm³/mol. The lowest BCUT2D eigenvalue weighted by atomic mass is 10.1. The van der Waals surface area contributed by atoms with Crippen LogP contribution in [0.15, 0.2) is 24.3 Å². The van der Waals surface area contributed by atoms with Crippen LogP contribution in [0.3, 0.4) is 0 Å². The van der Waals surface area contributed by atoms with E-state index in [2.05, 4.69) is 12.2 Å². The number of hydrogen-bond donors (Lipinski definition) is 2. The van der Waals surface area contributed by atoms with Gasteiger partial charge in [-0.15, -0.1) is 0 Å². The second-order valence-electron chi connectivity index (χ2n) is 4.45. The normalized spacial score (nSPS) is 26.9. The molecule has 4 nitrogen and oxygen atoms in total. The van der Waals surface area contributed by atoms with Crippen molar-refractivity contribution in [2.45, 2.75) is 25.5 Å². The van der Waals surface area contributed by atoms with Crippen molar-refractivity contribution in [3.05, 3.63) is 29.8 Å². The summed E-state index contributed by atoms with van der Waals surface area (Å²) in [6.07, 6.45) is 0.117. The highest BCUT2D eigenvalue weighted by Gasteiger charge is 2.36. The first-order valence-corrected chi connectivity index (χ1v) is 7.56. The van der Waals surface area contributed by atoms with Crippen LogP contribution in [0.2, 0.25) is 0 Å². The van der Waals surface area contributed by atoms with Crippen molar-refractivity contribution in [2.75, 3.05) is 16.8 Å². The van der Waals surface area contributed by atoms with Gasteiger partial charge in [-0.2, -0.15) is 0 Å². The van der Waals surface area contributed by atoms with E-state index in [9.17, 15) is 13.5 Å². The molecule has 1 aromatic rings. The molecule has 0 aliphatic carbocycles. The molecule has 0 amide bonds. The summed E-state index contributed by atoms with van der Waals surface area (Å²) in [5.41, 5.74) is 2.05. The summed E-state index contributed by atoms with van der Waals surface area (Å²) in [4.78, 5) is 0. The minimum atomic E-state index is -3.09. The van der Waals surface area contributed by atoms with E-state index in [0.717, 1.165) is 12.1 Å². The Morgan fingerprint density at radius 1 is 1.41 bits per heavy atom. The molecule has 1 saturated heterocycles. The third-order valence-corrected chi connectivity index (χ3v) is 4.73. The highest BCUT2D eigenvalue weighted by Crippen LogP contribution is 2.19. The van der Waals surface area contributed by atoms with Gasteiger partial charge < -0.3 is 10.4 Å². The van der Waals surface area contributed by atoms with Crippen LogP contribution >= 0.6 is 0 Å². The van der Waals surface area contributed by atoms with Crippen LogP contribution in [0.25, 0.3) is 0 Å². The minimum Gasteiger partial charge on any atom is -0.390 e. The van der Waals surface area contributed by atoms with Crippen LogP contribution in [-0.4, -0.2) is 37.2 Å². The SMILES string of the molecule is CCc1cccc(NC2CS(=O)(=O)CC2O)c1. The molecule has 1 aromatic carbocycles. The van der Waals surface area contributed by atoms with Gasteiger partial charge in [-0.05, 0) is 24.1 Å². The van der Waals surface area contributed by atoms with E-state index in [-0.39, 0.29) is 11.5 Å². The number of rotatable bonds is 3. The molecule has 1 aliphatic rings. The predicted octanol–water partition coefficient (Wildman–Crippen LogP) is 0.819. The van der Waals surface area contributed by atoms with Crippen molar-refractivity contribution < 1.29 is 13.5 Å². The van der Waals surface area contributed by atoms with E-state index in [1.165, 1.54) is 5.56 Å². The average molecular weight is 255 g/mol. The van der Waals surface area contributed by atoms with Crippen LogP contribution in [0.1, 0.15) is 12.5 Å². The third-order valence-electron chi connectivity index (χ3n) is 3.01. The Morgan fingerprint density at radius 2 is 2.18 bits per heavy atom. The Balaban J connectivity index is 2.11. The topological polar surface area (TPSA) is 66.4 Å². The molecule has 1 heterocycles. The highest BCUT2D eigenvalue weighted by molar-refractivity contribution is 7.91. The van der Waals surface area contributed by atoms with Crippen LogP contribution < -0.4 is 5.32 Å². The first-order chi connectivity index (χ1) is 8.00. The zero-order chi connectivity index (χ0) is 12.5. The molecule has 2 N–H and O–H groups in total.